The van der Waals surface area contributed by atoms with Crippen LogP contribution in [-0.4, -0.2) is 10.3 Å². The van der Waals surface area contributed by atoms with Crippen LogP contribution in [0, 0.1) is 6.54 Å². The summed E-state index contributed by atoms with van der Waals surface area (Å²) in [5.41, 5.74) is 1.00. The number of likely N-dealkylation sites (N-methyl/N-ethyl adjacent to an activating group) is 1. The third-order valence-electron chi connectivity index (χ3n) is 3.24. The van der Waals surface area contributed by atoms with Gasteiger partial charge in [-0.15, -0.1) is 0 Å². The van der Waals surface area contributed by atoms with Crippen LogP contribution in [0.4, 0.5) is 0 Å². The van der Waals surface area contributed by atoms with E-state index < -0.39 is 9.21 Å². The van der Waals surface area contributed by atoms with Crippen molar-refractivity contribution < 1.29 is 23.9 Å². The monoisotopic (exact) mass is 420 g/mol. The van der Waals surface area contributed by atoms with Crippen molar-refractivity contribution in [3.05, 3.63) is 42.6 Å². The molecule has 1 radical (unpaired) electrons. The maximum Gasteiger partial charge on any atom is 1.00 e. The van der Waals surface area contributed by atoms with Crippen LogP contribution in [0.2, 0.25) is 0 Å². The second-order valence-corrected chi connectivity index (χ2v) is 6.86. The Morgan fingerprint density at radius 1 is 1.25 bits per heavy atom. The predicted molar refractivity (Wildman–Crippen MR) is 81.8 cm³/mol. The van der Waals surface area contributed by atoms with Crippen LogP contribution in [0.1, 0.15) is 19.4 Å². The molecule has 1 aromatic carbocycles. The smallest absolute Gasteiger partial charge is 0.469 e. The van der Waals surface area contributed by atoms with Crippen molar-refractivity contribution in [2.45, 2.75) is 23.1 Å². The quantitative estimate of drug-likeness (QED) is 0.435. The van der Waals surface area contributed by atoms with E-state index in [1.807, 2.05) is 44.7 Å². The van der Waals surface area contributed by atoms with Crippen LogP contribution in [0.25, 0.3) is 11.0 Å². The fraction of sp³-hybridized carbons (Fsp3) is 0.357. The largest absolute Gasteiger partial charge is 1.00 e. The van der Waals surface area contributed by atoms with E-state index in [0.29, 0.717) is 0 Å². The van der Waals surface area contributed by atoms with Crippen molar-refractivity contribution in [2.75, 3.05) is 6.54 Å². The van der Waals surface area contributed by atoms with Crippen molar-refractivity contribution in [2.24, 2.45) is 0 Å². The Morgan fingerprint density at radius 3 is 2.55 bits per heavy atom. The third-order valence-corrected chi connectivity index (χ3v) is 4.41. The van der Waals surface area contributed by atoms with Crippen molar-refractivity contribution >= 4 is 45.8 Å². The zero-order valence-corrected chi connectivity index (χ0v) is 15.1. The van der Waals surface area contributed by atoms with Crippen LogP contribution < -0.4 is 5.32 Å². The molecule has 1 atom stereocenters. The maximum atomic E-state index is 6.17. The SMILES string of the molecule is CCN[CH-]C(C)(c1ccc2occc2c1)C(Cl)(Cl)Cl.[Ru+]. The summed E-state index contributed by atoms with van der Waals surface area (Å²) in [5.74, 6) is 0. The molecule has 2 rings (SSSR count). The average Bonchev–Trinajstić information content (AvgIpc) is 2.81. The Kier molecular flexibility index (Phi) is 6.38. The first kappa shape index (κ1) is 18.3. The molecule has 0 bridgehead atoms. The standard InChI is InChI=1S/C14H15Cl3NO.Ru/c1-3-18-9-13(2,14(15,16)17)11-4-5-12-10(8-11)6-7-19-12;/h4-9,18H,3H2,1-2H3;/q-1;+1. The van der Waals surface area contributed by atoms with Crippen molar-refractivity contribution in [3.8, 4) is 0 Å². The van der Waals surface area contributed by atoms with Gasteiger partial charge in [0.2, 0.25) is 0 Å². The summed E-state index contributed by atoms with van der Waals surface area (Å²) in [5, 5.41) is 4.12. The molecular weight excluding hydrogens is 406 g/mol. The molecule has 0 aliphatic rings. The number of halogens is 3. The number of hydrogen-bond donors (Lipinski definition) is 1. The fourth-order valence-corrected chi connectivity index (χ4v) is 2.42. The normalized spacial score (nSPS) is 14.8. The van der Waals surface area contributed by atoms with Crippen LogP contribution in [0.3, 0.4) is 0 Å². The van der Waals surface area contributed by atoms with Gasteiger partial charge in [-0.1, -0.05) is 65.7 Å². The molecule has 0 amide bonds. The third kappa shape index (κ3) is 3.51. The predicted octanol–water partition coefficient (Wildman–Crippen LogP) is 4.83. The molecule has 2 nitrogen and oxygen atoms in total. The molecule has 1 aromatic heterocycles. The molecule has 6 heteroatoms. The van der Waals surface area contributed by atoms with Crippen LogP contribution in [-0.2, 0) is 24.9 Å². The number of nitrogens with one attached hydrogen (secondary N) is 1. The summed E-state index contributed by atoms with van der Waals surface area (Å²) in [7, 11) is 0. The van der Waals surface area contributed by atoms with Gasteiger partial charge in [-0.2, -0.15) is 0 Å². The second-order valence-electron chi connectivity index (χ2n) is 4.58. The number of hydrogen-bond acceptors (Lipinski definition) is 2. The summed E-state index contributed by atoms with van der Waals surface area (Å²) in [4.78, 5) is 0. The Balaban J connectivity index is 0.00000200. The summed E-state index contributed by atoms with van der Waals surface area (Å²) in [6, 6.07) is 7.68. The molecule has 0 aliphatic carbocycles. The van der Waals surface area contributed by atoms with E-state index in [1.54, 1.807) is 6.26 Å². The molecule has 1 unspecified atom stereocenters. The van der Waals surface area contributed by atoms with Gasteiger partial charge in [0.15, 0.2) is 3.79 Å². The van der Waals surface area contributed by atoms with Crippen molar-refractivity contribution in [1.29, 1.82) is 0 Å². The molecule has 1 N–H and O–H groups in total. The fourth-order valence-electron chi connectivity index (χ4n) is 1.92. The van der Waals surface area contributed by atoms with E-state index in [2.05, 4.69) is 5.32 Å². The summed E-state index contributed by atoms with van der Waals surface area (Å²) >= 11 is 18.5. The van der Waals surface area contributed by atoms with Crippen molar-refractivity contribution in [1.82, 2.24) is 5.32 Å². The van der Waals surface area contributed by atoms with Gasteiger partial charge >= 0.3 is 19.5 Å². The van der Waals surface area contributed by atoms with E-state index in [1.165, 1.54) is 0 Å². The minimum atomic E-state index is -1.45. The van der Waals surface area contributed by atoms with Crippen LogP contribution in [0.5, 0.6) is 0 Å². The molecule has 0 saturated carbocycles. The van der Waals surface area contributed by atoms with Gasteiger partial charge in [-0.05, 0) is 24.7 Å². The zero-order valence-electron chi connectivity index (χ0n) is 11.1. The molecule has 1 heterocycles. The van der Waals surface area contributed by atoms with Gasteiger partial charge in [0.25, 0.3) is 0 Å². The minimum absolute atomic E-state index is 0. The maximum absolute atomic E-state index is 6.17. The molecule has 20 heavy (non-hydrogen) atoms. The molecule has 2 aromatic rings. The summed E-state index contributed by atoms with van der Waals surface area (Å²) < 4.78 is 3.88. The van der Waals surface area contributed by atoms with Crippen LogP contribution >= 0.6 is 34.8 Å². The number of alkyl halides is 3. The van der Waals surface area contributed by atoms with E-state index in [9.17, 15) is 0 Å². The van der Waals surface area contributed by atoms with Gasteiger partial charge in [0.1, 0.15) is 5.58 Å². The van der Waals surface area contributed by atoms with Gasteiger partial charge in [-0.3, -0.25) is 6.54 Å². The first-order valence-corrected chi connectivity index (χ1v) is 7.14. The Morgan fingerprint density at radius 2 is 1.95 bits per heavy atom. The Hall–Kier alpha value is 0.213. The molecular formula is C14H15Cl3NORu. The number of benzene rings is 1. The van der Waals surface area contributed by atoms with E-state index >= 15 is 0 Å². The van der Waals surface area contributed by atoms with E-state index in [4.69, 9.17) is 39.2 Å². The zero-order chi connectivity index (χ0) is 14.1. The van der Waals surface area contributed by atoms with Gasteiger partial charge in [0.05, 0.1) is 6.26 Å². The average molecular weight is 421 g/mol. The minimum Gasteiger partial charge on any atom is -0.469 e. The van der Waals surface area contributed by atoms with Crippen molar-refractivity contribution in [3.63, 3.8) is 0 Å². The van der Waals surface area contributed by atoms with E-state index in [-0.39, 0.29) is 19.5 Å². The number of fused-ring (bicyclic) bond motifs is 1. The molecule has 0 fully saturated rings. The Labute approximate surface area is 146 Å². The number of rotatable bonds is 4. The first-order chi connectivity index (χ1) is 8.88. The topological polar surface area (TPSA) is 25.2 Å². The van der Waals surface area contributed by atoms with Crippen LogP contribution in [0.15, 0.2) is 34.9 Å². The molecule has 0 saturated heterocycles. The molecule has 0 aliphatic heterocycles. The van der Waals surface area contributed by atoms with Gasteiger partial charge < -0.3 is 9.73 Å². The molecule has 111 valence electrons. The Bertz CT molecular complexity index is 567. The summed E-state index contributed by atoms with van der Waals surface area (Å²) in [6.45, 7) is 6.49. The van der Waals surface area contributed by atoms with Gasteiger partial charge in [0, 0.05) is 5.39 Å². The molecule has 0 spiro atoms. The number of furan rings is 1. The second kappa shape index (κ2) is 6.98. The van der Waals surface area contributed by atoms with E-state index in [0.717, 1.165) is 23.1 Å². The summed E-state index contributed by atoms with van der Waals surface area (Å²) in [6.07, 6.45) is 1.65. The first-order valence-electron chi connectivity index (χ1n) is 6.00. The van der Waals surface area contributed by atoms with Gasteiger partial charge in [-0.25, -0.2) is 0 Å².